The highest BCUT2D eigenvalue weighted by Crippen LogP contribution is 2.28. The van der Waals surface area contributed by atoms with Gasteiger partial charge in [0, 0.05) is 12.1 Å². The maximum absolute atomic E-state index is 11.3. The van der Waals surface area contributed by atoms with Crippen LogP contribution in [0.25, 0.3) is 0 Å². The Morgan fingerprint density at radius 2 is 1.93 bits per heavy atom. The zero-order chi connectivity index (χ0) is 21.3. The maximum atomic E-state index is 11.3. The third-order valence-electron chi connectivity index (χ3n) is 4.02. The van der Waals surface area contributed by atoms with E-state index >= 15 is 0 Å². The molecule has 0 bridgehead atoms. The number of nitrogens with zero attached hydrogens (tertiary/aromatic N) is 4. The molecular weight excluding hydrogens is 404 g/mol. The van der Waals surface area contributed by atoms with E-state index in [4.69, 9.17) is 5.14 Å². The van der Waals surface area contributed by atoms with Gasteiger partial charge in [-0.25, -0.2) is 18.6 Å². The number of anilines is 2. The Balaban J connectivity index is 1.84. The maximum Gasteiger partial charge on any atom is 0.271 e. The van der Waals surface area contributed by atoms with Crippen LogP contribution in [0.15, 0.2) is 57.6 Å². The minimum Gasteiger partial charge on any atom is -0.506 e. The largest absolute Gasteiger partial charge is 0.506 e. The third kappa shape index (κ3) is 4.16. The number of hydrazone groups is 2. The van der Waals surface area contributed by atoms with Crippen LogP contribution < -0.4 is 15.6 Å². The predicted molar refractivity (Wildman–Crippen MR) is 105 cm³/mol. The Morgan fingerprint density at radius 1 is 1.28 bits per heavy atom. The van der Waals surface area contributed by atoms with Gasteiger partial charge in [0.05, 0.1) is 21.2 Å². The first kappa shape index (κ1) is 20.2. The predicted octanol–water partition coefficient (Wildman–Crippen LogP) is 0.930. The van der Waals surface area contributed by atoms with E-state index in [2.05, 4.69) is 15.6 Å². The number of non-ortho nitro benzene ring substituents is 1. The average Bonchev–Trinajstić information content (AvgIpc) is 2.94. The van der Waals surface area contributed by atoms with E-state index in [1.807, 2.05) is 0 Å². The second-order valence-electron chi connectivity index (χ2n) is 6.01. The highest BCUT2D eigenvalue weighted by atomic mass is 32.2. The van der Waals surface area contributed by atoms with E-state index in [9.17, 15) is 28.7 Å². The molecule has 2 aromatic rings. The summed E-state index contributed by atoms with van der Waals surface area (Å²) in [5, 5.41) is 45.6. The van der Waals surface area contributed by atoms with Gasteiger partial charge in [0.2, 0.25) is 10.0 Å². The lowest BCUT2D eigenvalue weighted by molar-refractivity contribution is -0.384. The van der Waals surface area contributed by atoms with Gasteiger partial charge >= 0.3 is 0 Å². The van der Waals surface area contributed by atoms with E-state index in [0.29, 0.717) is 11.4 Å². The summed E-state index contributed by atoms with van der Waals surface area (Å²) in [6, 6.07) is 8.76. The van der Waals surface area contributed by atoms with Gasteiger partial charge in [-0.1, -0.05) is 0 Å². The molecule has 0 aliphatic carbocycles. The molecule has 2 aromatic carbocycles. The number of phenolic OH excluding ortho intramolecular Hbond substituents is 1. The number of aromatic hydroxyl groups is 1. The average molecular weight is 420 g/mol. The quantitative estimate of drug-likeness (QED) is 0.313. The number of aliphatic hydroxyl groups is 1. The number of nitro groups is 1. The Kier molecular flexibility index (Phi) is 5.19. The molecule has 0 aromatic heterocycles. The van der Waals surface area contributed by atoms with Crippen molar-refractivity contribution >= 4 is 38.5 Å². The van der Waals surface area contributed by atoms with Gasteiger partial charge in [0.1, 0.15) is 17.1 Å². The van der Waals surface area contributed by atoms with Crippen molar-refractivity contribution in [2.24, 2.45) is 15.3 Å². The Hall–Kier alpha value is -3.55. The van der Waals surface area contributed by atoms with Gasteiger partial charge in [-0.05, 0) is 37.3 Å². The number of nitrogens with two attached hydrogens (primary N) is 1. The summed E-state index contributed by atoms with van der Waals surface area (Å²) < 4.78 is 22.7. The van der Waals surface area contributed by atoms with E-state index in [-0.39, 0.29) is 27.7 Å². The molecule has 0 saturated heterocycles. The standard InChI is InChI=1S/C16H16N6O6S/c1-9-15(19-18-13-8-11(22(25)26)4-7-14(13)23)16(24)21(20-9)10-2-5-12(6-3-10)29(17,27)28/h2-8,16,18,23-24H,1H3,(H2,17,27,28)/b19-15+. The molecule has 0 spiro atoms. The SMILES string of the molecule is CC1=NN(c2ccc(S(N)(=O)=O)cc2)C(O)/C1=N/Nc1cc([N+](=O)[O-])ccc1O. The van der Waals surface area contributed by atoms with Crippen molar-refractivity contribution in [3.63, 3.8) is 0 Å². The lowest BCUT2D eigenvalue weighted by atomic mass is 10.2. The van der Waals surface area contributed by atoms with E-state index < -0.39 is 21.2 Å². The normalized spacial score (nSPS) is 18.0. The molecule has 13 heteroatoms. The summed E-state index contributed by atoms with van der Waals surface area (Å²) in [6.45, 7) is 1.58. The highest BCUT2D eigenvalue weighted by molar-refractivity contribution is 7.89. The smallest absolute Gasteiger partial charge is 0.271 e. The molecule has 0 radical (unpaired) electrons. The van der Waals surface area contributed by atoms with Gasteiger partial charge in [-0.15, -0.1) is 0 Å². The molecule has 3 rings (SSSR count). The number of rotatable bonds is 5. The number of nitrogens with one attached hydrogen (secondary N) is 1. The lowest BCUT2D eigenvalue weighted by Crippen LogP contribution is -2.33. The molecule has 5 N–H and O–H groups in total. The fourth-order valence-electron chi connectivity index (χ4n) is 2.54. The molecule has 0 amide bonds. The molecule has 12 nitrogen and oxygen atoms in total. The number of hydrogen-bond acceptors (Lipinski definition) is 10. The van der Waals surface area contributed by atoms with Crippen molar-refractivity contribution in [3.05, 3.63) is 52.6 Å². The van der Waals surface area contributed by atoms with Gasteiger partial charge < -0.3 is 10.2 Å². The summed E-state index contributed by atoms with van der Waals surface area (Å²) in [7, 11) is -3.85. The van der Waals surface area contributed by atoms with E-state index in [1.54, 1.807) is 6.92 Å². The molecule has 1 unspecified atom stereocenters. The van der Waals surface area contributed by atoms with Crippen LogP contribution in [-0.4, -0.2) is 41.2 Å². The summed E-state index contributed by atoms with van der Waals surface area (Å²) in [6.07, 6.45) is -1.32. The first-order valence-electron chi connectivity index (χ1n) is 8.04. The van der Waals surface area contributed by atoms with Crippen molar-refractivity contribution in [3.8, 4) is 5.75 Å². The number of phenols is 1. The number of aliphatic hydroxyl groups excluding tert-OH is 1. The van der Waals surface area contributed by atoms with Crippen LogP contribution in [0.1, 0.15) is 6.92 Å². The van der Waals surface area contributed by atoms with Crippen LogP contribution in [0.3, 0.4) is 0 Å². The van der Waals surface area contributed by atoms with Crippen molar-refractivity contribution in [2.45, 2.75) is 18.0 Å². The van der Waals surface area contributed by atoms with Crippen LogP contribution in [0, 0.1) is 10.1 Å². The van der Waals surface area contributed by atoms with Crippen LogP contribution in [-0.2, 0) is 10.0 Å². The molecule has 0 fully saturated rings. The zero-order valence-electron chi connectivity index (χ0n) is 14.9. The topological polar surface area (TPSA) is 184 Å². The minimum atomic E-state index is -3.85. The van der Waals surface area contributed by atoms with Crippen LogP contribution in [0.2, 0.25) is 0 Å². The first-order valence-corrected chi connectivity index (χ1v) is 9.59. The first-order chi connectivity index (χ1) is 13.6. The molecule has 1 heterocycles. The minimum absolute atomic E-state index is 0.0253. The second-order valence-corrected chi connectivity index (χ2v) is 7.57. The second kappa shape index (κ2) is 7.46. The Labute approximate surface area is 164 Å². The van der Waals surface area contributed by atoms with Crippen LogP contribution in [0.5, 0.6) is 5.75 Å². The summed E-state index contributed by atoms with van der Waals surface area (Å²) in [5.41, 5.74) is 3.03. The van der Waals surface area contributed by atoms with E-state index in [1.165, 1.54) is 29.3 Å². The molecule has 1 aliphatic rings. The summed E-state index contributed by atoms with van der Waals surface area (Å²) >= 11 is 0. The van der Waals surface area contributed by atoms with Crippen molar-refractivity contribution in [1.29, 1.82) is 0 Å². The van der Waals surface area contributed by atoms with Crippen LogP contribution in [0.4, 0.5) is 17.1 Å². The monoisotopic (exact) mass is 420 g/mol. The molecular formula is C16H16N6O6S. The number of hydrogen-bond donors (Lipinski definition) is 4. The number of benzene rings is 2. The molecule has 29 heavy (non-hydrogen) atoms. The lowest BCUT2D eigenvalue weighted by Gasteiger charge is -2.19. The molecule has 152 valence electrons. The van der Waals surface area contributed by atoms with Gasteiger partial charge in [-0.3, -0.25) is 15.5 Å². The fraction of sp³-hybridized carbons (Fsp3) is 0.125. The van der Waals surface area contributed by atoms with Gasteiger partial charge in [-0.2, -0.15) is 10.2 Å². The summed E-state index contributed by atoms with van der Waals surface area (Å²) in [4.78, 5) is 10.2. The number of sulfonamides is 1. The Morgan fingerprint density at radius 3 is 2.52 bits per heavy atom. The molecule has 1 atom stereocenters. The molecule has 0 saturated carbocycles. The van der Waals surface area contributed by atoms with Gasteiger partial charge in [0.25, 0.3) is 5.69 Å². The van der Waals surface area contributed by atoms with Crippen molar-refractivity contribution < 1.29 is 23.6 Å². The number of primary sulfonamides is 1. The zero-order valence-corrected chi connectivity index (χ0v) is 15.7. The summed E-state index contributed by atoms with van der Waals surface area (Å²) in [5.74, 6) is -0.266. The third-order valence-corrected chi connectivity index (χ3v) is 4.95. The highest BCUT2D eigenvalue weighted by Gasteiger charge is 2.31. The Bertz CT molecular complexity index is 1130. The van der Waals surface area contributed by atoms with E-state index in [0.717, 1.165) is 18.2 Å². The van der Waals surface area contributed by atoms with Crippen LogP contribution >= 0.6 is 0 Å². The van der Waals surface area contributed by atoms with Gasteiger partial charge in [0.15, 0.2) is 6.23 Å². The molecule has 1 aliphatic heterocycles. The van der Waals surface area contributed by atoms with Crippen molar-refractivity contribution in [2.75, 3.05) is 10.4 Å². The fourth-order valence-corrected chi connectivity index (χ4v) is 3.06. The number of nitro benzene ring substituents is 1. The van der Waals surface area contributed by atoms with Crippen molar-refractivity contribution in [1.82, 2.24) is 0 Å².